The second kappa shape index (κ2) is 7.25. The first-order valence-electron chi connectivity index (χ1n) is 11.8. The van der Waals surface area contributed by atoms with E-state index in [1.807, 2.05) is 6.08 Å². The number of carbonyl (C=O) groups is 1. The third-order valence-electron chi connectivity index (χ3n) is 8.74. The van der Waals surface area contributed by atoms with Crippen molar-refractivity contribution in [2.24, 2.45) is 17.3 Å². The molecule has 30 heavy (non-hydrogen) atoms. The van der Waals surface area contributed by atoms with Gasteiger partial charge in [0, 0.05) is 32.1 Å². The predicted octanol–water partition coefficient (Wildman–Crippen LogP) is 6.60. The normalized spacial score (nSPS) is 34.4. The van der Waals surface area contributed by atoms with Crippen molar-refractivity contribution in [3.05, 3.63) is 64.3 Å². The number of benzene rings is 1. The van der Waals surface area contributed by atoms with Gasteiger partial charge in [0.2, 0.25) is 0 Å². The molecule has 158 valence electrons. The lowest BCUT2D eigenvalue weighted by atomic mass is 9.53. The Balaban J connectivity index is 1.66. The summed E-state index contributed by atoms with van der Waals surface area (Å²) >= 11 is 0. The van der Waals surface area contributed by atoms with E-state index in [1.165, 1.54) is 42.5 Å². The van der Waals surface area contributed by atoms with Crippen LogP contribution in [0.15, 0.2) is 58.7 Å². The molecule has 0 N–H and O–H groups in total. The molecule has 5 rings (SSSR count). The summed E-state index contributed by atoms with van der Waals surface area (Å²) in [6.45, 7) is 4.80. The Bertz CT molecular complexity index is 961. The fourth-order valence-corrected chi connectivity index (χ4v) is 7.28. The molecule has 0 unspecified atom stereocenters. The summed E-state index contributed by atoms with van der Waals surface area (Å²) in [5, 5.41) is 0. The van der Waals surface area contributed by atoms with E-state index >= 15 is 0 Å². The quantitative estimate of drug-likeness (QED) is 0.520. The molecule has 4 atom stereocenters. The predicted molar refractivity (Wildman–Crippen MR) is 125 cm³/mol. The Morgan fingerprint density at radius 1 is 1.03 bits per heavy atom. The van der Waals surface area contributed by atoms with Crippen molar-refractivity contribution >= 4 is 11.5 Å². The maximum Gasteiger partial charge on any atom is 0.156 e. The van der Waals surface area contributed by atoms with Crippen LogP contribution in [0.4, 0.5) is 5.69 Å². The van der Waals surface area contributed by atoms with Crippen molar-refractivity contribution in [3.63, 3.8) is 0 Å². The third kappa shape index (κ3) is 2.94. The molecule has 0 heterocycles. The zero-order valence-corrected chi connectivity index (χ0v) is 19.0. The molecule has 1 aromatic carbocycles. The van der Waals surface area contributed by atoms with E-state index in [0.717, 1.165) is 18.8 Å². The van der Waals surface area contributed by atoms with E-state index in [4.69, 9.17) is 0 Å². The summed E-state index contributed by atoms with van der Waals surface area (Å²) in [5.41, 5.74) is 9.36. The van der Waals surface area contributed by atoms with Crippen LogP contribution in [-0.2, 0) is 4.79 Å². The van der Waals surface area contributed by atoms with E-state index in [-0.39, 0.29) is 0 Å². The van der Waals surface area contributed by atoms with Crippen LogP contribution in [0.1, 0.15) is 70.3 Å². The lowest BCUT2D eigenvalue weighted by molar-refractivity contribution is -0.114. The van der Waals surface area contributed by atoms with E-state index < -0.39 is 0 Å². The van der Waals surface area contributed by atoms with Crippen LogP contribution < -0.4 is 4.90 Å². The number of ketones is 1. The van der Waals surface area contributed by atoms with Crippen molar-refractivity contribution in [2.75, 3.05) is 19.0 Å². The second-order valence-corrected chi connectivity index (χ2v) is 10.3. The topological polar surface area (TPSA) is 20.3 Å². The number of fused-ring (bicyclic) bond motifs is 4. The highest BCUT2D eigenvalue weighted by molar-refractivity contribution is 5.93. The largest absolute Gasteiger partial charge is 0.378 e. The Labute approximate surface area is 181 Å². The molecule has 4 aliphatic carbocycles. The van der Waals surface area contributed by atoms with Gasteiger partial charge in [-0.15, -0.1) is 0 Å². The first-order valence-corrected chi connectivity index (χ1v) is 11.8. The number of carbonyl (C=O) groups excluding carboxylic acids is 1. The lowest BCUT2D eigenvalue weighted by Crippen LogP contribution is -2.41. The fraction of sp³-hybridized carbons (Fsp3) is 0.536. The maximum absolute atomic E-state index is 12.1. The number of anilines is 1. The van der Waals surface area contributed by atoms with E-state index in [9.17, 15) is 4.79 Å². The van der Waals surface area contributed by atoms with Crippen LogP contribution >= 0.6 is 0 Å². The van der Waals surface area contributed by atoms with Gasteiger partial charge in [-0.25, -0.2) is 0 Å². The summed E-state index contributed by atoms with van der Waals surface area (Å²) in [6.07, 6.45) is 12.2. The van der Waals surface area contributed by atoms with Gasteiger partial charge in [0.15, 0.2) is 5.78 Å². The van der Waals surface area contributed by atoms with Gasteiger partial charge in [0.25, 0.3) is 0 Å². The molecular weight excluding hydrogens is 366 g/mol. The number of allylic oxidation sites excluding steroid dienone is 6. The van der Waals surface area contributed by atoms with Crippen molar-refractivity contribution in [1.29, 1.82) is 0 Å². The monoisotopic (exact) mass is 401 g/mol. The molecule has 1 aromatic rings. The molecule has 2 fully saturated rings. The van der Waals surface area contributed by atoms with Gasteiger partial charge >= 0.3 is 0 Å². The highest BCUT2D eigenvalue weighted by Gasteiger charge is 2.54. The van der Waals surface area contributed by atoms with Crippen molar-refractivity contribution in [1.82, 2.24) is 0 Å². The van der Waals surface area contributed by atoms with Gasteiger partial charge in [-0.1, -0.05) is 36.3 Å². The number of nitrogens with zero attached hydrogens (tertiary/aromatic N) is 1. The minimum atomic E-state index is 0.320. The molecule has 4 aliphatic rings. The average Bonchev–Trinajstić information content (AvgIpc) is 3.08. The molecule has 2 saturated carbocycles. The number of rotatable bonds is 2. The van der Waals surface area contributed by atoms with Gasteiger partial charge in [0.1, 0.15) is 0 Å². The fourth-order valence-electron chi connectivity index (χ4n) is 7.28. The summed E-state index contributed by atoms with van der Waals surface area (Å²) in [7, 11) is 4.21. The maximum atomic E-state index is 12.1. The summed E-state index contributed by atoms with van der Waals surface area (Å²) in [4.78, 5) is 14.3. The van der Waals surface area contributed by atoms with Gasteiger partial charge in [-0.05, 0) is 97.6 Å². The summed E-state index contributed by atoms with van der Waals surface area (Å²) in [5.74, 6) is 2.26. The van der Waals surface area contributed by atoms with Crippen LogP contribution in [-0.4, -0.2) is 19.9 Å². The zero-order chi connectivity index (χ0) is 21.0. The van der Waals surface area contributed by atoms with Gasteiger partial charge in [-0.2, -0.15) is 0 Å². The Hall–Kier alpha value is -2.09. The van der Waals surface area contributed by atoms with E-state index in [1.54, 1.807) is 16.7 Å². The minimum Gasteiger partial charge on any atom is -0.378 e. The lowest BCUT2D eigenvalue weighted by Gasteiger charge is -2.51. The average molecular weight is 402 g/mol. The van der Waals surface area contributed by atoms with Gasteiger partial charge < -0.3 is 4.90 Å². The first-order chi connectivity index (χ1) is 14.4. The molecule has 0 bridgehead atoms. The van der Waals surface area contributed by atoms with Gasteiger partial charge in [-0.3, -0.25) is 4.79 Å². The highest BCUT2D eigenvalue weighted by Crippen LogP contribution is 2.65. The zero-order valence-electron chi connectivity index (χ0n) is 19.0. The Kier molecular flexibility index (Phi) is 4.80. The van der Waals surface area contributed by atoms with Crippen LogP contribution in [0.3, 0.4) is 0 Å². The number of hydrogen-bond acceptors (Lipinski definition) is 2. The molecule has 0 saturated heterocycles. The number of hydrogen-bond donors (Lipinski definition) is 0. The Morgan fingerprint density at radius 2 is 1.80 bits per heavy atom. The molecule has 2 nitrogen and oxygen atoms in total. The van der Waals surface area contributed by atoms with Crippen LogP contribution in [0.25, 0.3) is 0 Å². The molecule has 0 aliphatic heterocycles. The van der Waals surface area contributed by atoms with E-state index in [0.29, 0.717) is 29.5 Å². The van der Waals surface area contributed by atoms with Crippen LogP contribution in [0.5, 0.6) is 0 Å². The Morgan fingerprint density at radius 3 is 2.50 bits per heavy atom. The highest BCUT2D eigenvalue weighted by atomic mass is 16.1. The SMILES string of the molecule is CC=C1CC[C@H]2[C@@H]3CCC4=CC(=O)CCC4=C3[C@@H](c3ccc(N(C)C)cc3)C[C@]12C. The van der Waals surface area contributed by atoms with Crippen LogP contribution in [0, 0.1) is 17.3 Å². The van der Waals surface area contributed by atoms with Crippen molar-refractivity contribution in [2.45, 2.75) is 64.7 Å². The standard InChI is InChI=1S/C28H35NO/c1-5-20-9-15-26-24-13-8-19-16-22(30)12-14-23(19)27(24)25(17-28(20,26)2)18-6-10-21(11-7-18)29(3)4/h5-7,10-11,16,24-26H,8-9,12-15,17H2,1-4H3/t24-,25+,26-,28+/m0/s1. The van der Waals surface area contributed by atoms with Gasteiger partial charge in [0.05, 0.1) is 0 Å². The molecule has 0 spiro atoms. The van der Waals surface area contributed by atoms with Crippen molar-refractivity contribution in [3.8, 4) is 0 Å². The summed E-state index contributed by atoms with van der Waals surface area (Å²) < 4.78 is 0. The third-order valence-corrected chi connectivity index (χ3v) is 8.74. The smallest absolute Gasteiger partial charge is 0.156 e. The molecular formula is C28H35NO. The molecule has 2 heteroatoms. The van der Waals surface area contributed by atoms with Crippen LogP contribution in [0.2, 0.25) is 0 Å². The van der Waals surface area contributed by atoms with E-state index in [2.05, 4.69) is 63.2 Å². The first kappa shape index (κ1) is 19.8. The molecule has 0 amide bonds. The second-order valence-electron chi connectivity index (χ2n) is 10.3. The molecule has 0 aromatic heterocycles. The summed E-state index contributed by atoms with van der Waals surface area (Å²) in [6, 6.07) is 9.29. The minimum absolute atomic E-state index is 0.320. The van der Waals surface area contributed by atoms with Crippen molar-refractivity contribution < 1.29 is 4.79 Å². The molecule has 0 radical (unpaired) electrons.